The van der Waals surface area contributed by atoms with Gasteiger partial charge in [-0.3, -0.25) is 24.6 Å². The fraction of sp³-hybridized carbons (Fsp3) is 0.417. The second-order valence-corrected chi connectivity index (χ2v) is 7.91. The fourth-order valence-electron chi connectivity index (χ4n) is 3.77. The van der Waals surface area contributed by atoms with Crippen LogP contribution in [-0.2, 0) is 17.8 Å². The maximum absolute atomic E-state index is 12.5. The molecule has 1 fully saturated rings. The molecule has 1 amide bonds. The molecule has 0 aliphatic carbocycles. The number of nitro groups is 1. The van der Waals surface area contributed by atoms with Crippen molar-refractivity contribution in [3.05, 3.63) is 75.3 Å². The highest BCUT2D eigenvalue weighted by Gasteiger charge is 2.21. The minimum Gasteiger partial charge on any atom is -0.340 e. The van der Waals surface area contributed by atoms with Gasteiger partial charge in [0.15, 0.2) is 5.78 Å². The van der Waals surface area contributed by atoms with Gasteiger partial charge < -0.3 is 4.90 Å². The maximum Gasteiger partial charge on any atom is 0.269 e. The molecule has 0 bridgehead atoms. The van der Waals surface area contributed by atoms with Gasteiger partial charge in [0.25, 0.3) is 5.69 Å². The molecule has 31 heavy (non-hydrogen) atoms. The quantitative estimate of drug-likeness (QED) is 0.347. The van der Waals surface area contributed by atoms with Crippen LogP contribution in [0.1, 0.15) is 47.7 Å². The van der Waals surface area contributed by atoms with E-state index in [1.807, 2.05) is 4.90 Å². The molecule has 0 spiro atoms. The standard InChI is InChI=1S/C24H29N3O4/c1-2-19-6-8-20(9-7-19)18-25-14-16-26(17-15-25)24(29)5-3-4-23(28)21-10-12-22(13-11-21)27(30)31/h6-13H,2-5,14-18H2,1H3. The highest BCUT2D eigenvalue weighted by atomic mass is 16.6. The number of carbonyl (C=O) groups is 2. The van der Waals surface area contributed by atoms with Gasteiger partial charge in [-0.15, -0.1) is 0 Å². The van der Waals surface area contributed by atoms with Crippen molar-refractivity contribution < 1.29 is 14.5 Å². The van der Waals surface area contributed by atoms with Crippen molar-refractivity contribution in [3.8, 4) is 0 Å². The van der Waals surface area contributed by atoms with E-state index >= 15 is 0 Å². The van der Waals surface area contributed by atoms with Crippen LogP contribution >= 0.6 is 0 Å². The van der Waals surface area contributed by atoms with Gasteiger partial charge in [0.1, 0.15) is 0 Å². The Morgan fingerprint density at radius 2 is 1.52 bits per heavy atom. The third-order valence-electron chi connectivity index (χ3n) is 5.76. The van der Waals surface area contributed by atoms with E-state index in [-0.39, 0.29) is 23.8 Å². The number of Topliss-reactive ketones (excluding diaryl/α,β-unsaturated/α-hetero) is 1. The molecule has 0 saturated carbocycles. The van der Waals surface area contributed by atoms with Crippen molar-refractivity contribution in [2.24, 2.45) is 0 Å². The van der Waals surface area contributed by atoms with Crippen LogP contribution in [0.15, 0.2) is 48.5 Å². The summed E-state index contributed by atoms with van der Waals surface area (Å²) >= 11 is 0. The average molecular weight is 424 g/mol. The van der Waals surface area contributed by atoms with Crippen LogP contribution in [0, 0.1) is 10.1 Å². The fourth-order valence-corrected chi connectivity index (χ4v) is 3.77. The minimum absolute atomic E-state index is 0.0381. The van der Waals surface area contributed by atoms with Crippen molar-refractivity contribution in [3.63, 3.8) is 0 Å². The first kappa shape index (κ1) is 22.6. The normalized spacial score (nSPS) is 14.4. The molecule has 0 aromatic heterocycles. The highest BCUT2D eigenvalue weighted by Crippen LogP contribution is 2.15. The van der Waals surface area contributed by atoms with E-state index in [0.717, 1.165) is 26.1 Å². The van der Waals surface area contributed by atoms with Crippen molar-refractivity contribution in [2.75, 3.05) is 26.2 Å². The monoisotopic (exact) mass is 423 g/mol. The Kier molecular flexibility index (Phi) is 7.89. The topological polar surface area (TPSA) is 83.8 Å². The van der Waals surface area contributed by atoms with Crippen LogP contribution in [0.25, 0.3) is 0 Å². The van der Waals surface area contributed by atoms with E-state index in [9.17, 15) is 19.7 Å². The lowest BCUT2D eigenvalue weighted by molar-refractivity contribution is -0.384. The largest absolute Gasteiger partial charge is 0.340 e. The Morgan fingerprint density at radius 3 is 2.10 bits per heavy atom. The number of hydrogen-bond acceptors (Lipinski definition) is 5. The third-order valence-corrected chi connectivity index (χ3v) is 5.76. The molecule has 3 rings (SSSR count). The van der Waals surface area contributed by atoms with E-state index < -0.39 is 4.92 Å². The summed E-state index contributed by atoms with van der Waals surface area (Å²) in [6.45, 7) is 6.17. The van der Waals surface area contributed by atoms with Crippen LogP contribution in [0.2, 0.25) is 0 Å². The highest BCUT2D eigenvalue weighted by molar-refractivity contribution is 5.96. The van der Waals surface area contributed by atoms with E-state index in [4.69, 9.17) is 0 Å². The van der Waals surface area contributed by atoms with E-state index in [1.165, 1.54) is 35.4 Å². The summed E-state index contributed by atoms with van der Waals surface area (Å²) in [7, 11) is 0. The molecule has 0 unspecified atom stereocenters. The van der Waals surface area contributed by atoms with Crippen LogP contribution in [0.3, 0.4) is 0 Å². The predicted octanol–water partition coefficient (Wildman–Crippen LogP) is 3.85. The van der Waals surface area contributed by atoms with Gasteiger partial charge in [-0.1, -0.05) is 31.2 Å². The summed E-state index contributed by atoms with van der Waals surface area (Å²) in [5.41, 5.74) is 3.04. The number of aryl methyl sites for hydroxylation is 1. The zero-order chi connectivity index (χ0) is 22.2. The number of non-ortho nitro benzene ring substituents is 1. The first-order valence-electron chi connectivity index (χ1n) is 10.8. The lowest BCUT2D eigenvalue weighted by Crippen LogP contribution is -2.48. The molecule has 1 heterocycles. The first-order valence-corrected chi connectivity index (χ1v) is 10.8. The molecule has 164 valence electrons. The average Bonchev–Trinajstić information content (AvgIpc) is 2.80. The van der Waals surface area contributed by atoms with Gasteiger partial charge in [-0.05, 0) is 36.1 Å². The van der Waals surface area contributed by atoms with Crippen molar-refractivity contribution >= 4 is 17.4 Å². The number of rotatable bonds is 9. The summed E-state index contributed by atoms with van der Waals surface area (Å²) in [5, 5.41) is 10.7. The Bertz CT molecular complexity index is 901. The summed E-state index contributed by atoms with van der Waals surface area (Å²) in [5.74, 6) is -0.00921. The van der Waals surface area contributed by atoms with Crippen LogP contribution < -0.4 is 0 Å². The molecule has 2 aromatic rings. The first-order chi connectivity index (χ1) is 15.0. The van der Waals surface area contributed by atoms with E-state index in [2.05, 4.69) is 36.1 Å². The molecule has 7 heteroatoms. The number of carbonyl (C=O) groups excluding carboxylic acids is 2. The molecular weight excluding hydrogens is 394 g/mol. The predicted molar refractivity (Wildman–Crippen MR) is 119 cm³/mol. The number of nitrogens with zero attached hydrogens (tertiary/aromatic N) is 3. The maximum atomic E-state index is 12.5. The third kappa shape index (κ3) is 6.46. The minimum atomic E-state index is -0.491. The number of piperazine rings is 1. The zero-order valence-electron chi connectivity index (χ0n) is 18.0. The van der Waals surface area contributed by atoms with Crippen molar-refractivity contribution in [1.82, 2.24) is 9.80 Å². The molecule has 2 aromatic carbocycles. The molecule has 1 saturated heterocycles. The van der Waals surface area contributed by atoms with Gasteiger partial charge in [-0.2, -0.15) is 0 Å². The number of nitro benzene ring substituents is 1. The number of ketones is 1. The second kappa shape index (κ2) is 10.8. The molecule has 1 aliphatic rings. The summed E-state index contributed by atoms with van der Waals surface area (Å²) in [6.07, 6.45) is 2.13. The number of hydrogen-bond donors (Lipinski definition) is 0. The van der Waals surface area contributed by atoms with Gasteiger partial charge in [0.2, 0.25) is 5.91 Å². The summed E-state index contributed by atoms with van der Waals surface area (Å²) < 4.78 is 0. The number of benzene rings is 2. The molecular formula is C24H29N3O4. The summed E-state index contributed by atoms with van der Waals surface area (Å²) in [4.78, 5) is 39.2. The lowest BCUT2D eigenvalue weighted by Gasteiger charge is -2.34. The Balaban J connectivity index is 1.37. The molecule has 0 N–H and O–H groups in total. The smallest absolute Gasteiger partial charge is 0.269 e. The van der Waals surface area contributed by atoms with Crippen molar-refractivity contribution in [1.29, 1.82) is 0 Å². The Hall–Kier alpha value is -3.06. The molecule has 7 nitrogen and oxygen atoms in total. The van der Waals surface area contributed by atoms with Gasteiger partial charge >= 0.3 is 0 Å². The number of amides is 1. The zero-order valence-corrected chi connectivity index (χ0v) is 18.0. The Labute approximate surface area is 182 Å². The van der Waals surface area contributed by atoms with E-state index in [0.29, 0.717) is 31.5 Å². The molecule has 1 aliphatic heterocycles. The van der Waals surface area contributed by atoms with Gasteiger partial charge in [-0.25, -0.2) is 0 Å². The molecule has 0 atom stereocenters. The van der Waals surface area contributed by atoms with Crippen LogP contribution in [-0.4, -0.2) is 52.6 Å². The second-order valence-electron chi connectivity index (χ2n) is 7.91. The van der Waals surface area contributed by atoms with Crippen LogP contribution in [0.4, 0.5) is 5.69 Å². The summed E-state index contributed by atoms with van der Waals surface area (Å²) in [6, 6.07) is 14.3. The molecule has 0 radical (unpaired) electrons. The van der Waals surface area contributed by atoms with Crippen molar-refractivity contribution in [2.45, 2.75) is 39.2 Å². The van der Waals surface area contributed by atoms with Gasteiger partial charge in [0.05, 0.1) is 4.92 Å². The SMILES string of the molecule is CCc1ccc(CN2CCN(C(=O)CCCC(=O)c3ccc([N+](=O)[O-])cc3)CC2)cc1. The van der Waals surface area contributed by atoms with E-state index in [1.54, 1.807) is 0 Å². The Morgan fingerprint density at radius 1 is 0.903 bits per heavy atom. The van der Waals surface area contributed by atoms with Gasteiger partial charge in [0, 0.05) is 63.3 Å². The lowest BCUT2D eigenvalue weighted by atomic mass is 10.0. The van der Waals surface area contributed by atoms with Crippen LogP contribution in [0.5, 0.6) is 0 Å².